The molecule has 5 nitrogen and oxygen atoms in total. The number of hydrogen-bond donors (Lipinski definition) is 0. The molecule has 4 aromatic rings. The number of rotatable bonds is 3. The predicted octanol–water partition coefficient (Wildman–Crippen LogP) is 5.02. The van der Waals surface area contributed by atoms with E-state index in [0.29, 0.717) is 21.9 Å². The minimum absolute atomic E-state index is 0.0484. The average molecular weight is 343 g/mol. The molecule has 3 aromatic carbocycles. The first-order chi connectivity index (χ1) is 12.6. The molecule has 5 heteroatoms. The summed E-state index contributed by atoms with van der Waals surface area (Å²) in [4.78, 5) is 22.8. The lowest BCUT2D eigenvalue weighted by Crippen LogP contribution is -2.01. The van der Waals surface area contributed by atoms with E-state index in [1.807, 2.05) is 36.4 Å². The van der Waals surface area contributed by atoms with E-state index in [1.165, 1.54) is 12.1 Å². The highest BCUT2D eigenvalue weighted by atomic mass is 16.6. The second kappa shape index (κ2) is 6.29. The lowest BCUT2D eigenvalue weighted by molar-refractivity contribution is -0.384. The molecular formula is C21H13NO4. The third-order valence-corrected chi connectivity index (χ3v) is 4.17. The van der Waals surface area contributed by atoms with Crippen LogP contribution in [0.4, 0.5) is 5.69 Å². The van der Waals surface area contributed by atoms with Gasteiger partial charge in [0.2, 0.25) is 5.43 Å². The molecule has 0 unspecified atom stereocenters. The van der Waals surface area contributed by atoms with Crippen molar-refractivity contribution >= 4 is 39.8 Å². The van der Waals surface area contributed by atoms with E-state index in [1.54, 1.807) is 30.3 Å². The molecule has 1 aromatic heterocycles. The number of nitro benzene ring substituents is 1. The molecule has 0 aliphatic carbocycles. The van der Waals surface area contributed by atoms with E-state index in [2.05, 4.69) is 0 Å². The molecule has 0 spiro atoms. The van der Waals surface area contributed by atoms with Crippen LogP contribution in [0.2, 0.25) is 0 Å². The van der Waals surface area contributed by atoms with Crippen LogP contribution in [0, 0.1) is 10.1 Å². The normalized spacial score (nSPS) is 11.4. The molecule has 1 heterocycles. The number of non-ortho nitro benzene ring substituents is 1. The number of benzene rings is 3. The summed E-state index contributed by atoms with van der Waals surface area (Å²) in [6.07, 6.45) is 3.72. The molecule has 0 saturated heterocycles. The Morgan fingerprint density at radius 2 is 1.46 bits per heavy atom. The van der Waals surface area contributed by atoms with Gasteiger partial charge in [0.1, 0.15) is 11.2 Å². The molecule has 0 aliphatic heterocycles. The van der Waals surface area contributed by atoms with Gasteiger partial charge in [-0.3, -0.25) is 14.9 Å². The quantitative estimate of drug-likeness (QED) is 0.226. The maximum Gasteiger partial charge on any atom is 0.269 e. The van der Waals surface area contributed by atoms with Gasteiger partial charge in [-0.25, -0.2) is 0 Å². The van der Waals surface area contributed by atoms with Crippen LogP contribution in [-0.2, 0) is 0 Å². The Hall–Kier alpha value is -3.73. The van der Waals surface area contributed by atoms with Gasteiger partial charge in [0.15, 0.2) is 0 Å². The van der Waals surface area contributed by atoms with Gasteiger partial charge in [-0.05, 0) is 47.5 Å². The van der Waals surface area contributed by atoms with E-state index in [0.717, 1.165) is 11.1 Å². The Labute approximate surface area is 148 Å². The molecule has 0 N–H and O–H groups in total. The van der Waals surface area contributed by atoms with Crippen molar-refractivity contribution in [3.05, 3.63) is 98.2 Å². The molecular weight excluding hydrogens is 330 g/mol. The van der Waals surface area contributed by atoms with Crippen LogP contribution in [0.3, 0.4) is 0 Å². The molecule has 0 atom stereocenters. The molecule has 126 valence electrons. The fourth-order valence-electron chi connectivity index (χ4n) is 2.82. The molecule has 4 rings (SSSR count). The van der Waals surface area contributed by atoms with Crippen molar-refractivity contribution in [2.24, 2.45) is 0 Å². The molecule has 0 saturated carbocycles. The van der Waals surface area contributed by atoms with Gasteiger partial charge >= 0.3 is 0 Å². The first-order valence-electron chi connectivity index (χ1n) is 8.00. The summed E-state index contributed by atoms with van der Waals surface area (Å²) in [5.74, 6) is 0. The summed E-state index contributed by atoms with van der Waals surface area (Å²) < 4.78 is 5.85. The van der Waals surface area contributed by atoms with E-state index < -0.39 is 4.92 Å². The van der Waals surface area contributed by atoms with Crippen LogP contribution in [-0.4, -0.2) is 4.92 Å². The summed E-state index contributed by atoms with van der Waals surface area (Å²) in [6.45, 7) is 0. The summed E-state index contributed by atoms with van der Waals surface area (Å²) >= 11 is 0. The maximum absolute atomic E-state index is 12.5. The summed E-state index contributed by atoms with van der Waals surface area (Å²) in [5, 5.41) is 11.8. The number of nitrogens with zero attached hydrogens (tertiary/aromatic N) is 1. The zero-order chi connectivity index (χ0) is 18.1. The lowest BCUT2D eigenvalue weighted by atomic mass is 10.1. The van der Waals surface area contributed by atoms with E-state index in [-0.39, 0.29) is 11.1 Å². The second-order valence-electron chi connectivity index (χ2n) is 5.86. The smallest absolute Gasteiger partial charge is 0.269 e. The van der Waals surface area contributed by atoms with Crippen molar-refractivity contribution in [1.82, 2.24) is 0 Å². The Morgan fingerprint density at radius 3 is 2.23 bits per heavy atom. The van der Waals surface area contributed by atoms with Crippen molar-refractivity contribution in [3.8, 4) is 0 Å². The van der Waals surface area contributed by atoms with Gasteiger partial charge in [-0.1, -0.05) is 30.4 Å². The van der Waals surface area contributed by atoms with Crippen LogP contribution in [0.5, 0.6) is 0 Å². The van der Waals surface area contributed by atoms with Crippen LogP contribution in [0.15, 0.2) is 75.9 Å². The molecule has 0 radical (unpaired) electrons. The average Bonchev–Trinajstić information content (AvgIpc) is 2.66. The largest absolute Gasteiger partial charge is 0.456 e. The topological polar surface area (TPSA) is 73.3 Å². The molecule has 0 fully saturated rings. The third-order valence-electron chi connectivity index (χ3n) is 4.17. The first kappa shape index (κ1) is 15.8. The second-order valence-corrected chi connectivity index (χ2v) is 5.86. The van der Waals surface area contributed by atoms with Crippen molar-refractivity contribution in [1.29, 1.82) is 0 Å². The van der Waals surface area contributed by atoms with Gasteiger partial charge in [-0.2, -0.15) is 0 Å². The summed E-state index contributed by atoms with van der Waals surface area (Å²) in [6, 6.07) is 18.9. The third kappa shape index (κ3) is 2.86. The Morgan fingerprint density at radius 1 is 0.808 bits per heavy atom. The fraction of sp³-hybridized carbons (Fsp3) is 0. The zero-order valence-electron chi connectivity index (χ0n) is 13.6. The number of fused-ring (bicyclic) bond motifs is 2. The SMILES string of the molecule is O=c1c2ccccc2oc2cc(/C=C/c3ccc([N+](=O)[O-])cc3)ccc12. The van der Waals surface area contributed by atoms with Crippen LogP contribution in [0.25, 0.3) is 34.1 Å². The number of para-hydroxylation sites is 1. The van der Waals surface area contributed by atoms with Crippen molar-refractivity contribution in [2.45, 2.75) is 0 Å². The summed E-state index contributed by atoms with van der Waals surface area (Å²) in [5.41, 5.74) is 2.81. The van der Waals surface area contributed by atoms with Crippen molar-refractivity contribution in [3.63, 3.8) is 0 Å². The van der Waals surface area contributed by atoms with Crippen LogP contribution >= 0.6 is 0 Å². The first-order valence-corrected chi connectivity index (χ1v) is 8.00. The fourth-order valence-corrected chi connectivity index (χ4v) is 2.82. The highest BCUT2D eigenvalue weighted by Crippen LogP contribution is 2.21. The molecule has 26 heavy (non-hydrogen) atoms. The van der Waals surface area contributed by atoms with Gasteiger partial charge in [-0.15, -0.1) is 0 Å². The molecule has 0 amide bonds. The summed E-state index contributed by atoms with van der Waals surface area (Å²) in [7, 11) is 0. The maximum atomic E-state index is 12.5. The monoisotopic (exact) mass is 343 g/mol. The molecule has 0 aliphatic rings. The Kier molecular flexibility index (Phi) is 3.82. The Bertz CT molecular complexity index is 1220. The highest BCUT2D eigenvalue weighted by molar-refractivity contribution is 5.90. The zero-order valence-corrected chi connectivity index (χ0v) is 13.6. The predicted molar refractivity (Wildman–Crippen MR) is 102 cm³/mol. The van der Waals surface area contributed by atoms with Crippen molar-refractivity contribution in [2.75, 3.05) is 0 Å². The number of hydrogen-bond acceptors (Lipinski definition) is 4. The van der Waals surface area contributed by atoms with E-state index >= 15 is 0 Å². The van der Waals surface area contributed by atoms with Crippen LogP contribution < -0.4 is 5.43 Å². The van der Waals surface area contributed by atoms with Crippen molar-refractivity contribution < 1.29 is 9.34 Å². The van der Waals surface area contributed by atoms with Gasteiger partial charge in [0.25, 0.3) is 5.69 Å². The van der Waals surface area contributed by atoms with Gasteiger partial charge in [0.05, 0.1) is 15.7 Å². The minimum atomic E-state index is -0.427. The minimum Gasteiger partial charge on any atom is -0.456 e. The molecule has 0 bridgehead atoms. The van der Waals surface area contributed by atoms with E-state index in [9.17, 15) is 14.9 Å². The van der Waals surface area contributed by atoms with Gasteiger partial charge < -0.3 is 4.42 Å². The number of nitro groups is 1. The lowest BCUT2D eigenvalue weighted by Gasteiger charge is -2.02. The van der Waals surface area contributed by atoms with Gasteiger partial charge in [0, 0.05) is 12.1 Å². The standard InChI is InChI=1S/C21H13NO4/c23-21-17-3-1-2-4-19(17)26-20-13-15(9-12-18(20)21)6-5-14-7-10-16(11-8-14)22(24)25/h1-13H/b6-5+. The van der Waals surface area contributed by atoms with E-state index in [4.69, 9.17) is 4.42 Å². The Balaban J connectivity index is 1.72. The highest BCUT2D eigenvalue weighted by Gasteiger charge is 2.07. The van der Waals surface area contributed by atoms with Crippen LogP contribution in [0.1, 0.15) is 11.1 Å².